The molecule has 0 aromatic heterocycles. The summed E-state index contributed by atoms with van der Waals surface area (Å²) in [7, 11) is 0. The van der Waals surface area contributed by atoms with Crippen LogP contribution in [0.25, 0.3) is 0 Å². The predicted octanol–water partition coefficient (Wildman–Crippen LogP) is 2.12. The second kappa shape index (κ2) is 0.896. The minimum absolute atomic E-state index is 1.12. The average molecular weight is 106 g/mol. The molecule has 0 N–H and O–H groups in total. The average Bonchev–Trinajstić information content (AvgIpc) is 2.59. The molecule has 0 radical (unpaired) electrons. The van der Waals surface area contributed by atoms with E-state index in [9.17, 15) is 0 Å². The van der Waals surface area contributed by atoms with Gasteiger partial charge in [-0.2, -0.15) is 0 Å². The molecule has 0 amide bonds. The second-order valence-corrected chi connectivity index (χ2v) is 3.45. The van der Waals surface area contributed by atoms with Crippen molar-refractivity contribution < 1.29 is 0 Å². The van der Waals surface area contributed by atoms with Crippen LogP contribution in [-0.4, -0.2) is 0 Å². The lowest BCUT2D eigenvalue weighted by Crippen LogP contribution is -1.83. The molecule has 0 nitrogen and oxygen atoms in total. The van der Waals surface area contributed by atoms with Gasteiger partial charge in [0.2, 0.25) is 0 Å². The summed E-state index contributed by atoms with van der Waals surface area (Å²) >= 11 is 0. The van der Waals surface area contributed by atoms with E-state index in [-0.39, 0.29) is 0 Å². The van der Waals surface area contributed by atoms with Gasteiger partial charge in [0, 0.05) is 0 Å². The van der Waals surface area contributed by atoms with Gasteiger partial charge in [0.15, 0.2) is 0 Å². The molecule has 0 spiro atoms. The zero-order valence-corrected chi connectivity index (χ0v) is 4.98. The van der Waals surface area contributed by atoms with Crippen LogP contribution < -0.4 is 0 Å². The number of rotatable bonds is 0. The minimum Gasteiger partial charge on any atom is -0.0663 e. The van der Waals surface area contributed by atoms with Crippen LogP contribution in [0, 0.1) is 11.8 Å². The van der Waals surface area contributed by atoms with Crippen LogP contribution in [0.1, 0.15) is 25.7 Å². The third-order valence-corrected chi connectivity index (χ3v) is 2.92. The molecule has 3 rings (SSSR count). The molecule has 1 fully saturated rings. The predicted molar refractivity (Wildman–Crippen MR) is 32.5 cm³/mol. The lowest BCUT2D eigenvalue weighted by Gasteiger charge is -1.96. The van der Waals surface area contributed by atoms with Crippen molar-refractivity contribution in [3.05, 3.63) is 11.1 Å². The second-order valence-electron chi connectivity index (χ2n) is 3.45. The van der Waals surface area contributed by atoms with Crippen molar-refractivity contribution in [3.63, 3.8) is 0 Å². The van der Waals surface area contributed by atoms with Crippen molar-refractivity contribution in [2.45, 2.75) is 25.7 Å². The van der Waals surface area contributed by atoms with Gasteiger partial charge in [-0.3, -0.25) is 0 Å². The lowest BCUT2D eigenvalue weighted by atomic mass is 10.1. The van der Waals surface area contributed by atoms with Crippen molar-refractivity contribution in [1.82, 2.24) is 0 Å². The standard InChI is InChI=1S/C8H10/c1-2-6-4-8(6)7-3-5(1)7/h5,7H,1-4H2. The first-order valence-electron chi connectivity index (χ1n) is 3.66. The molecule has 0 saturated heterocycles. The van der Waals surface area contributed by atoms with Gasteiger partial charge in [-0.1, -0.05) is 11.1 Å². The van der Waals surface area contributed by atoms with E-state index in [2.05, 4.69) is 0 Å². The Morgan fingerprint density at radius 1 is 1.38 bits per heavy atom. The van der Waals surface area contributed by atoms with Gasteiger partial charge in [0.25, 0.3) is 0 Å². The third kappa shape index (κ3) is 0.300. The number of hydrogen-bond acceptors (Lipinski definition) is 0. The molecule has 42 valence electrons. The van der Waals surface area contributed by atoms with E-state index in [0.29, 0.717) is 0 Å². The van der Waals surface area contributed by atoms with Gasteiger partial charge in [0.05, 0.1) is 0 Å². The van der Waals surface area contributed by atoms with E-state index < -0.39 is 0 Å². The Hall–Kier alpha value is -0.260. The van der Waals surface area contributed by atoms with Crippen molar-refractivity contribution in [3.8, 4) is 0 Å². The quantitative estimate of drug-likeness (QED) is 0.415. The molecule has 2 atom stereocenters. The fraction of sp³-hybridized carbons (Fsp3) is 0.750. The molecule has 0 aromatic rings. The maximum atomic E-state index is 1.88. The summed E-state index contributed by atoms with van der Waals surface area (Å²) < 4.78 is 0. The van der Waals surface area contributed by atoms with Gasteiger partial charge in [-0.15, -0.1) is 0 Å². The molecule has 8 heavy (non-hydrogen) atoms. The summed E-state index contributed by atoms with van der Waals surface area (Å²) in [5, 5.41) is 0. The smallest absolute Gasteiger partial charge is 0.00999 e. The minimum atomic E-state index is 1.12. The molecule has 0 heterocycles. The first kappa shape index (κ1) is 3.71. The van der Waals surface area contributed by atoms with Crippen LogP contribution in [0.2, 0.25) is 0 Å². The molecule has 2 unspecified atom stereocenters. The van der Waals surface area contributed by atoms with E-state index >= 15 is 0 Å². The first-order valence-corrected chi connectivity index (χ1v) is 3.66. The fourth-order valence-corrected chi connectivity index (χ4v) is 2.18. The summed E-state index contributed by atoms with van der Waals surface area (Å²) in [6.07, 6.45) is 6.00. The Kier molecular flexibility index (Phi) is 0.415. The summed E-state index contributed by atoms with van der Waals surface area (Å²) in [5.41, 5.74) is 3.71. The summed E-state index contributed by atoms with van der Waals surface area (Å²) in [6.45, 7) is 0. The Balaban J connectivity index is 2.05. The molecule has 0 bridgehead atoms. The SMILES string of the molecule is C1CC2CC2C2=C1C2. The van der Waals surface area contributed by atoms with E-state index in [4.69, 9.17) is 0 Å². The van der Waals surface area contributed by atoms with Crippen molar-refractivity contribution in [1.29, 1.82) is 0 Å². The molecule has 3 aliphatic rings. The van der Waals surface area contributed by atoms with Crippen LogP contribution in [0.3, 0.4) is 0 Å². The summed E-state index contributed by atoms with van der Waals surface area (Å²) in [6, 6.07) is 0. The van der Waals surface area contributed by atoms with Gasteiger partial charge in [-0.05, 0) is 37.5 Å². The first-order chi connectivity index (χ1) is 3.95. The third-order valence-electron chi connectivity index (χ3n) is 2.92. The fourth-order valence-electron chi connectivity index (χ4n) is 2.18. The highest BCUT2D eigenvalue weighted by atomic mass is 14.5. The maximum absolute atomic E-state index is 1.88. The van der Waals surface area contributed by atoms with E-state index in [1.54, 1.807) is 6.42 Å². The van der Waals surface area contributed by atoms with Crippen molar-refractivity contribution in [2.75, 3.05) is 0 Å². The van der Waals surface area contributed by atoms with Crippen LogP contribution >= 0.6 is 0 Å². The molecule has 0 aliphatic heterocycles. The van der Waals surface area contributed by atoms with Gasteiger partial charge < -0.3 is 0 Å². The molecular formula is C8H10. The highest BCUT2D eigenvalue weighted by Crippen LogP contribution is 2.61. The lowest BCUT2D eigenvalue weighted by molar-refractivity contribution is 0.682. The normalized spacial score (nSPS) is 48.0. The van der Waals surface area contributed by atoms with Crippen LogP contribution in [0.4, 0.5) is 0 Å². The highest BCUT2D eigenvalue weighted by molar-refractivity contribution is 5.42. The monoisotopic (exact) mass is 106 g/mol. The van der Waals surface area contributed by atoms with Crippen LogP contribution in [0.15, 0.2) is 11.1 Å². The Morgan fingerprint density at radius 3 is 3.25 bits per heavy atom. The van der Waals surface area contributed by atoms with Crippen LogP contribution in [0.5, 0.6) is 0 Å². The Labute approximate surface area is 49.6 Å². The van der Waals surface area contributed by atoms with Crippen LogP contribution in [-0.2, 0) is 0 Å². The van der Waals surface area contributed by atoms with Gasteiger partial charge in [-0.25, -0.2) is 0 Å². The zero-order valence-electron chi connectivity index (χ0n) is 4.98. The largest absolute Gasteiger partial charge is 0.0663 e. The molecular weight excluding hydrogens is 96.1 g/mol. The maximum Gasteiger partial charge on any atom is -0.00999 e. The summed E-state index contributed by atoms with van der Waals surface area (Å²) in [4.78, 5) is 0. The Morgan fingerprint density at radius 2 is 2.38 bits per heavy atom. The molecule has 1 saturated carbocycles. The van der Waals surface area contributed by atoms with E-state index in [0.717, 1.165) is 11.8 Å². The molecule has 3 aliphatic carbocycles. The van der Waals surface area contributed by atoms with E-state index in [1.807, 2.05) is 11.1 Å². The van der Waals surface area contributed by atoms with Gasteiger partial charge in [0.1, 0.15) is 0 Å². The van der Waals surface area contributed by atoms with Crippen molar-refractivity contribution in [2.24, 2.45) is 11.8 Å². The molecule has 0 heteroatoms. The zero-order chi connectivity index (χ0) is 5.14. The number of allylic oxidation sites excluding steroid dienone is 2. The van der Waals surface area contributed by atoms with Crippen molar-refractivity contribution >= 4 is 0 Å². The van der Waals surface area contributed by atoms with Gasteiger partial charge >= 0.3 is 0 Å². The molecule has 0 aromatic carbocycles. The number of hydrogen-bond donors (Lipinski definition) is 0. The summed E-state index contributed by atoms with van der Waals surface area (Å²) in [5.74, 6) is 2.29. The highest BCUT2D eigenvalue weighted by Gasteiger charge is 2.48. The van der Waals surface area contributed by atoms with E-state index in [1.165, 1.54) is 19.3 Å². The Bertz CT molecular complexity index is 176. The topological polar surface area (TPSA) is 0 Å². The number of fused-ring (bicyclic) bond motifs is 2.